The molecule has 2 N–H and O–H groups in total. The van der Waals surface area contributed by atoms with Gasteiger partial charge in [0.05, 0.1) is 29.8 Å². The lowest BCUT2D eigenvalue weighted by Crippen LogP contribution is -2.61. The van der Waals surface area contributed by atoms with Crippen LogP contribution in [-0.4, -0.2) is 81.3 Å². The van der Waals surface area contributed by atoms with E-state index in [9.17, 15) is 14.4 Å². The van der Waals surface area contributed by atoms with E-state index in [2.05, 4.69) is 65.3 Å². The van der Waals surface area contributed by atoms with Crippen LogP contribution in [0.5, 0.6) is 0 Å². The molecule has 1 aliphatic carbocycles. The number of hydrogen-bond donors (Lipinski definition) is 2. The Hall–Kier alpha value is -5.02. The van der Waals surface area contributed by atoms with Gasteiger partial charge in [0.2, 0.25) is 5.91 Å². The van der Waals surface area contributed by atoms with E-state index in [1.54, 1.807) is 19.5 Å². The maximum Gasteiger partial charge on any atom is 0.324 e. The SMILES string of the molecule is CCO[C@@H]1c2nc(cs2)-c2ccc3c(c2)c(c(-c2cccnc2[C@H](C)OC)n3CC)CC(C)(C)COC(=O)[C@@H]2CCCN(N2)C(=O)[C@H]1NC(=O)[C@@H]1C[C@H]1c1ccccn1. The molecule has 6 bridgehead atoms. The number of amides is 2. The second-order valence-corrected chi connectivity index (χ2v) is 17.4. The molecule has 6 heterocycles. The number of aromatic nitrogens is 4. The number of nitrogens with zero attached hydrogens (tertiary/aromatic N) is 5. The number of hydrazine groups is 1. The summed E-state index contributed by atoms with van der Waals surface area (Å²) >= 11 is 1.40. The van der Waals surface area contributed by atoms with Crippen molar-refractivity contribution in [2.75, 3.05) is 26.9 Å². The molecule has 2 amide bonds. The van der Waals surface area contributed by atoms with Crippen LogP contribution in [0.25, 0.3) is 33.4 Å². The molecule has 0 unspecified atom stereocenters. The Kier molecular flexibility index (Phi) is 11.7. The van der Waals surface area contributed by atoms with Gasteiger partial charge in [0, 0.05) is 89.6 Å². The molecule has 5 aromatic rings. The van der Waals surface area contributed by atoms with Crippen LogP contribution in [0.4, 0.5) is 0 Å². The number of methoxy groups -OCH3 is 1. The number of carbonyl (C=O) groups excluding carboxylic acids is 3. The lowest BCUT2D eigenvalue weighted by atomic mass is 9.84. The number of esters is 1. The Morgan fingerprint density at radius 1 is 1.12 bits per heavy atom. The molecule has 8 rings (SSSR count). The summed E-state index contributed by atoms with van der Waals surface area (Å²) in [5, 5.41) is 8.15. The zero-order valence-corrected chi connectivity index (χ0v) is 35.4. The first kappa shape index (κ1) is 40.7. The molecule has 1 aromatic carbocycles. The van der Waals surface area contributed by atoms with Crippen LogP contribution < -0.4 is 10.7 Å². The van der Waals surface area contributed by atoms with Gasteiger partial charge in [0.1, 0.15) is 23.2 Å². The van der Waals surface area contributed by atoms with Crippen LogP contribution in [0.15, 0.2) is 66.3 Å². The maximum atomic E-state index is 14.7. The second kappa shape index (κ2) is 16.9. The quantitative estimate of drug-likeness (QED) is 0.150. The number of hydrogen-bond acceptors (Lipinski definition) is 11. The Balaban J connectivity index is 1.24. The Morgan fingerprint density at radius 3 is 2.71 bits per heavy atom. The van der Waals surface area contributed by atoms with Gasteiger partial charge in [-0.2, -0.15) is 0 Å². The molecule has 2 aliphatic heterocycles. The topological polar surface area (TPSA) is 150 Å². The summed E-state index contributed by atoms with van der Waals surface area (Å²) in [5.41, 5.74) is 10.2. The Morgan fingerprint density at radius 2 is 1.95 bits per heavy atom. The fraction of sp³-hybridized carbons (Fsp3) is 0.467. The van der Waals surface area contributed by atoms with Crippen LogP contribution in [0, 0.1) is 11.3 Å². The number of rotatable bonds is 9. The van der Waals surface area contributed by atoms with Crippen LogP contribution in [0.2, 0.25) is 0 Å². The Bertz CT molecular complexity index is 2340. The maximum absolute atomic E-state index is 14.7. The number of cyclic esters (lactones) is 1. The molecule has 0 radical (unpaired) electrons. The summed E-state index contributed by atoms with van der Waals surface area (Å²) in [5.74, 6) is -1.44. The molecule has 310 valence electrons. The van der Waals surface area contributed by atoms with Crippen molar-refractivity contribution in [3.8, 4) is 22.5 Å². The van der Waals surface area contributed by atoms with E-state index >= 15 is 0 Å². The van der Waals surface area contributed by atoms with Crippen molar-refractivity contribution >= 4 is 40.0 Å². The zero-order chi connectivity index (χ0) is 41.4. The van der Waals surface area contributed by atoms with Gasteiger partial charge in [-0.25, -0.2) is 10.4 Å². The van der Waals surface area contributed by atoms with E-state index < -0.39 is 35.5 Å². The highest BCUT2D eigenvalue weighted by Gasteiger charge is 2.48. The summed E-state index contributed by atoms with van der Waals surface area (Å²) in [4.78, 5) is 56.9. The first-order valence-electron chi connectivity index (χ1n) is 20.7. The highest BCUT2D eigenvalue weighted by atomic mass is 32.1. The number of aryl methyl sites for hydroxylation is 1. The first-order chi connectivity index (χ1) is 28.5. The van der Waals surface area contributed by atoms with Crippen molar-refractivity contribution in [1.29, 1.82) is 0 Å². The number of benzene rings is 1. The van der Waals surface area contributed by atoms with Crippen LogP contribution in [0.1, 0.15) is 94.0 Å². The van der Waals surface area contributed by atoms with E-state index in [4.69, 9.17) is 24.2 Å². The van der Waals surface area contributed by atoms with Gasteiger partial charge < -0.3 is 24.1 Å². The lowest BCUT2D eigenvalue weighted by Gasteiger charge is -2.37. The number of carbonyl (C=O) groups is 3. The van der Waals surface area contributed by atoms with Gasteiger partial charge in [-0.15, -0.1) is 11.3 Å². The summed E-state index contributed by atoms with van der Waals surface area (Å²) in [6, 6.07) is 14.3. The van der Waals surface area contributed by atoms with E-state index in [1.807, 2.05) is 43.5 Å². The monoisotopic (exact) mass is 819 g/mol. The third kappa shape index (κ3) is 8.15. The average Bonchev–Trinajstić information content (AvgIpc) is 3.82. The van der Waals surface area contributed by atoms with E-state index in [0.29, 0.717) is 43.8 Å². The molecule has 6 atom stereocenters. The van der Waals surface area contributed by atoms with Crippen LogP contribution >= 0.6 is 11.3 Å². The molecular weight excluding hydrogens is 767 g/mol. The predicted molar refractivity (Wildman–Crippen MR) is 225 cm³/mol. The minimum Gasteiger partial charge on any atom is -0.464 e. The Labute approximate surface area is 348 Å². The highest BCUT2D eigenvalue weighted by molar-refractivity contribution is 7.10. The van der Waals surface area contributed by atoms with Crippen molar-refractivity contribution in [3.05, 3.63) is 88.3 Å². The van der Waals surface area contributed by atoms with Crippen molar-refractivity contribution in [2.45, 2.75) is 97.1 Å². The molecule has 59 heavy (non-hydrogen) atoms. The van der Waals surface area contributed by atoms with Crippen molar-refractivity contribution in [2.24, 2.45) is 11.3 Å². The number of fused-ring (bicyclic) bond motifs is 6. The second-order valence-electron chi connectivity index (χ2n) is 16.5. The lowest BCUT2D eigenvalue weighted by molar-refractivity contribution is -0.156. The van der Waals surface area contributed by atoms with E-state index in [1.165, 1.54) is 16.3 Å². The normalized spacial score (nSPS) is 23.7. The van der Waals surface area contributed by atoms with Crippen LogP contribution in [0.3, 0.4) is 0 Å². The van der Waals surface area contributed by atoms with Crippen LogP contribution in [-0.2, 0) is 41.6 Å². The summed E-state index contributed by atoms with van der Waals surface area (Å²) in [6.07, 6.45) is 4.69. The van der Waals surface area contributed by atoms with Gasteiger partial charge in [-0.05, 0) is 88.4 Å². The van der Waals surface area contributed by atoms with Crippen molar-refractivity contribution in [3.63, 3.8) is 0 Å². The minimum absolute atomic E-state index is 0.0324. The van der Waals surface area contributed by atoms with Crippen molar-refractivity contribution in [1.82, 2.24) is 35.3 Å². The van der Waals surface area contributed by atoms with Gasteiger partial charge in [-0.1, -0.05) is 26.0 Å². The minimum atomic E-state index is -1.12. The molecule has 4 aromatic heterocycles. The van der Waals surface area contributed by atoms with Gasteiger partial charge in [-0.3, -0.25) is 29.4 Å². The van der Waals surface area contributed by atoms with Gasteiger partial charge in [0.25, 0.3) is 5.91 Å². The molecule has 1 saturated carbocycles. The molecule has 3 aliphatic rings. The smallest absolute Gasteiger partial charge is 0.324 e. The average molecular weight is 820 g/mol. The first-order valence-corrected chi connectivity index (χ1v) is 21.6. The highest BCUT2D eigenvalue weighted by Crippen LogP contribution is 2.47. The summed E-state index contributed by atoms with van der Waals surface area (Å²) < 4.78 is 20.6. The summed E-state index contributed by atoms with van der Waals surface area (Å²) in [7, 11) is 1.69. The number of ether oxygens (including phenoxy) is 3. The fourth-order valence-electron chi connectivity index (χ4n) is 8.61. The third-order valence-electron chi connectivity index (χ3n) is 11.8. The van der Waals surface area contributed by atoms with Gasteiger partial charge >= 0.3 is 5.97 Å². The fourth-order valence-corrected chi connectivity index (χ4v) is 9.52. The zero-order valence-electron chi connectivity index (χ0n) is 34.6. The van der Waals surface area contributed by atoms with E-state index in [-0.39, 0.29) is 37.1 Å². The molecule has 14 heteroatoms. The molecule has 13 nitrogen and oxygen atoms in total. The number of nitrogens with one attached hydrogen (secondary N) is 2. The van der Waals surface area contributed by atoms with E-state index in [0.717, 1.165) is 50.4 Å². The molecular formula is C45H53N7O6S. The molecule has 2 fully saturated rings. The number of thiazole rings is 1. The molecule has 0 spiro atoms. The summed E-state index contributed by atoms with van der Waals surface area (Å²) in [6.45, 7) is 11.7. The number of pyridine rings is 2. The third-order valence-corrected chi connectivity index (χ3v) is 12.7. The molecule has 1 saturated heterocycles. The van der Waals surface area contributed by atoms with Gasteiger partial charge in [0.15, 0.2) is 0 Å². The standard InChI is InChI=1S/C45H53N7O6S/c1-7-51-36-17-16-27-21-30(36)32(39(51)28-13-11-19-47-37(28)26(3)56-6)23-45(4,5)25-58-44(55)34-15-12-20-52(50-34)43(54)38(40(57-8-2)42-48-35(27)24-59-42)49-41(53)31-22-29(31)33-14-9-10-18-46-33/h9-11,13-14,16-19,21,24,26,29,31,34,38,40,50H,7-8,12,15,20,22-23,25H2,1-6H3,(H,49,53)/t26-,29+,31+,34-,38-,40-/m0/s1. The van der Waals surface area contributed by atoms with Crippen molar-refractivity contribution < 1.29 is 28.6 Å². The largest absolute Gasteiger partial charge is 0.464 e. The predicted octanol–water partition coefficient (Wildman–Crippen LogP) is 6.94.